The Morgan fingerprint density at radius 2 is 1.94 bits per heavy atom. The Balaban J connectivity index is 2.18. The van der Waals surface area contributed by atoms with Crippen LogP contribution in [0.1, 0.15) is 11.3 Å². The van der Waals surface area contributed by atoms with Gasteiger partial charge in [0.2, 0.25) is 0 Å². The Kier molecular flexibility index (Phi) is 3.65. The van der Waals surface area contributed by atoms with Crippen LogP contribution in [-0.2, 0) is 13.6 Å². The summed E-state index contributed by atoms with van der Waals surface area (Å²) in [5.41, 5.74) is 1.74. The first-order chi connectivity index (χ1) is 8.49. The SMILES string of the molecule is Cc1c(CNc2c(F)cc(Br)cc2F)cnn1C. The number of rotatable bonds is 3. The van der Waals surface area contributed by atoms with Crippen LogP contribution in [0.2, 0.25) is 0 Å². The number of aromatic nitrogens is 2. The molecule has 6 heteroatoms. The molecular weight excluding hydrogens is 304 g/mol. The summed E-state index contributed by atoms with van der Waals surface area (Å²) < 4.78 is 29.2. The number of aryl methyl sites for hydroxylation is 1. The van der Waals surface area contributed by atoms with E-state index in [1.54, 1.807) is 10.9 Å². The highest BCUT2D eigenvalue weighted by molar-refractivity contribution is 9.10. The number of nitrogens with one attached hydrogen (secondary N) is 1. The van der Waals surface area contributed by atoms with Gasteiger partial charge in [-0.15, -0.1) is 0 Å². The molecule has 18 heavy (non-hydrogen) atoms. The van der Waals surface area contributed by atoms with E-state index < -0.39 is 11.6 Å². The lowest BCUT2D eigenvalue weighted by atomic mass is 10.2. The molecule has 0 radical (unpaired) electrons. The van der Waals surface area contributed by atoms with Crippen molar-refractivity contribution in [3.8, 4) is 0 Å². The average Bonchev–Trinajstić information content (AvgIpc) is 2.59. The van der Waals surface area contributed by atoms with Gasteiger partial charge in [-0.25, -0.2) is 8.78 Å². The first-order valence-electron chi connectivity index (χ1n) is 5.35. The monoisotopic (exact) mass is 315 g/mol. The molecule has 0 fully saturated rings. The first kappa shape index (κ1) is 13.0. The van der Waals surface area contributed by atoms with Crippen LogP contribution in [0.25, 0.3) is 0 Å². The van der Waals surface area contributed by atoms with Gasteiger partial charge in [0.15, 0.2) is 0 Å². The maximum absolute atomic E-state index is 13.6. The Morgan fingerprint density at radius 1 is 1.33 bits per heavy atom. The normalized spacial score (nSPS) is 10.7. The summed E-state index contributed by atoms with van der Waals surface area (Å²) in [6.07, 6.45) is 1.68. The van der Waals surface area contributed by atoms with Crippen molar-refractivity contribution in [3.05, 3.63) is 45.7 Å². The average molecular weight is 316 g/mol. The fraction of sp³-hybridized carbons (Fsp3) is 0.250. The Labute approximate surface area is 112 Å². The van der Waals surface area contributed by atoms with E-state index >= 15 is 0 Å². The van der Waals surface area contributed by atoms with Gasteiger partial charge in [0.25, 0.3) is 0 Å². The molecule has 1 N–H and O–H groups in total. The molecular formula is C12H12BrF2N3. The molecule has 1 aromatic carbocycles. The summed E-state index contributed by atoms with van der Waals surface area (Å²) in [6.45, 7) is 2.23. The standard InChI is InChI=1S/C12H12BrF2N3/c1-7-8(6-17-18(7)2)5-16-12-10(14)3-9(13)4-11(12)15/h3-4,6,16H,5H2,1-2H3. The predicted octanol–water partition coefficient (Wildman–Crippen LogP) is 3.38. The van der Waals surface area contributed by atoms with Gasteiger partial charge in [0.05, 0.1) is 6.20 Å². The third-order valence-electron chi connectivity index (χ3n) is 2.80. The molecule has 0 aliphatic heterocycles. The van der Waals surface area contributed by atoms with Gasteiger partial charge < -0.3 is 5.32 Å². The zero-order valence-corrected chi connectivity index (χ0v) is 11.6. The quantitative estimate of drug-likeness (QED) is 0.941. The molecule has 0 spiro atoms. The topological polar surface area (TPSA) is 29.9 Å². The summed E-state index contributed by atoms with van der Waals surface area (Å²) in [5, 5.41) is 6.82. The number of hydrogen-bond donors (Lipinski definition) is 1. The molecule has 2 aromatic rings. The Bertz CT molecular complexity index is 558. The highest BCUT2D eigenvalue weighted by atomic mass is 79.9. The minimum Gasteiger partial charge on any atom is -0.376 e. The van der Waals surface area contributed by atoms with E-state index in [0.717, 1.165) is 11.3 Å². The largest absolute Gasteiger partial charge is 0.376 e. The molecule has 0 saturated carbocycles. The summed E-state index contributed by atoms with van der Waals surface area (Å²) in [4.78, 5) is 0. The van der Waals surface area contributed by atoms with Crippen LogP contribution in [0.15, 0.2) is 22.8 Å². The second-order valence-corrected chi connectivity index (χ2v) is 4.89. The lowest BCUT2D eigenvalue weighted by Crippen LogP contribution is -2.05. The molecule has 0 aliphatic rings. The van der Waals surface area contributed by atoms with Crippen LogP contribution < -0.4 is 5.32 Å². The van der Waals surface area contributed by atoms with E-state index in [9.17, 15) is 8.78 Å². The Hall–Kier alpha value is -1.43. The van der Waals surface area contributed by atoms with Crippen LogP contribution in [-0.4, -0.2) is 9.78 Å². The van der Waals surface area contributed by atoms with Crippen molar-refractivity contribution in [3.63, 3.8) is 0 Å². The number of nitrogens with zero attached hydrogens (tertiary/aromatic N) is 2. The minimum atomic E-state index is -0.622. The van der Waals surface area contributed by atoms with Gasteiger partial charge in [0.1, 0.15) is 17.3 Å². The summed E-state index contributed by atoms with van der Waals surface area (Å²) >= 11 is 3.04. The molecule has 0 saturated heterocycles. The summed E-state index contributed by atoms with van der Waals surface area (Å²) in [6, 6.07) is 2.45. The smallest absolute Gasteiger partial charge is 0.150 e. The molecule has 0 amide bonds. The lowest BCUT2D eigenvalue weighted by Gasteiger charge is -2.09. The van der Waals surface area contributed by atoms with E-state index in [1.807, 2.05) is 14.0 Å². The van der Waals surface area contributed by atoms with Crippen molar-refractivity contribution in [1.82, 2.24) is 9.78 Å². The van der Waals surface area contributed by atoms with Crippen LogP contribution in [0.5, 0.6) is 0 Å². The van der Waals surface area contributed by atoms with Crippen molar-refractivity contribution < 1.29 is 8.78 Å². The van der Waals surface area contributed by atoms with Gasteiger partial charge in [-0.05, 0) is 19.1 Å². The van der Waals surface area contributed by atoms with Crippen LogP contribution in [0.3, 0.4) is 0 Å². The molecule has 96 valence electrons. The maximum atomic E-state index is 13.6. The number of benzene rings is 1. The molecule has 1 aromatic heterocycles. The van der Waals surface area contributed by atoms with E-state index in [-0.39, 0.29) is 5.69 Å². The van der Waals surface area contributed by atoms with Crippen molar-refractivity contribution >= 4 is 21.6 Å². The predicted molar refractivity (Wildman–Crippen MR) is 69.3 cm³/mol. The first-order valence-corrected chi connectivity index (χ1v) is 6.14. The van der Waals surface area contributed by atoms with Gasteiger partial charge in [-0.1, -0.05) is 15.9 Å². The van der Waals surface area contributed by atoms with E-state index in [0.29, 0.717) is 11.0 Å². The van der Waals surface area contributed by atoms with Crippen molar-refractivity contribution in [2.24, 2.45) is 7.05 Å². The lowest BCUT2D eigenvalue weighted by molar-refractivity contribution is 0.586. The van der Waals surface area contributed by atoms with Crippen LogP contribution in [0.4, 0.5) is 14.5 Å². The van der Waals surface area contributed by atoms with E-state index in [4.69, 9.17) is 0 Å². The third-order valence-corrected chi connectivity index (χ3v) is 3.26. The van der Waals surface area contributed by atoms with Crippen LogP contribution in [0, 0.1) is 18.6 Å². The van der Waals surface area contributed by atoms with Gasteiger partial charge in [-0.3, -0.25) is 4.68 Å². The molecule has 1 heterocycles. The van der Waals surface area contributed by atoms with E-state index in [1.165, 1.54) is 12.1 Å². The van der Waals surface area contributed by atoms with E-state index in [2.05, 4.69) is 26.3 Å². The summed E-state index contributed by atoms with van der Waals surface area (Å²) in [5.74, 6) is -1.24. The van der Waals surface area contributed by atoms with Crippen molar-refractivity contribution in [1.29, 1.82) is 0 Å². The van der Waals surface area contributed by atoms with Gasteiger partial charge in [-0.2, -0.15) is 5.10 Å². The highest BCUT2D eigenvalue weighted by Gasteiger charge is 2.11. The number of halogens is 3. The molecule has 3 nitrogen and oxygen atoms in total. The molecule has 0 bridgehead atoms. The fourth-order valence-corrected chi connectivity index (χ4v) is 2.01. The molecule has 2 rings (SSSR count). The minimum absolute atomic E-state index is 0.124. The molecule has 0 atom stereocenters. The molecule has 0 unspecified atom stereocenters. The second-order valence-electron chi connectivity index (χ2n) is 3.98. The third kappa shape index (κ3) is 2.53. The van der Waals surface area contributed by atoms with Crippen LogP contribution >= 0.6 is 15.9 Å². The summed E-state index contributed by atoms with van der Waals surface area (Å²) in [7, 11) is 1.82. The Morgan fingerprint density at radius 3 is 2.44 bits per heavy atom. The second kappa shape index (κ2) is 5.06. The van der Waals surface area contributed by atoms with Crippen molar-refractivity contribution in [2.75, 3.05) is 5.32 Å². The zero-order chi connectivity index (χ0) is 13.3. The highest BCUT2D eigenvalue weighted by Crippen LogP contribution is 2.24. The number of hydrogen-bond acceptors (Lipinski definition) is 2. The van der Waals surface area contributed by atoms with Gasteiger partial charge in [0, 0.05) is 29.3 Å². The fourth-order valence-electron chi connectivity index (χ4n) is 1.61. The number of anilines is 1. The maximum Gasteiger partial charge on any atom is 0.150 e. The zero-order valence-electron chi connectivity index (χ0n) is 9.97. The van der Waals surface area contributed by atoms with Crippen molar-refractivity contribution in [2.45, 2.75) is 13.5 Å². The van der Waals surface area contributed by atoms with Gasteiger partial charge >= 0.3 is 0 Å². The molecule has 0 aliphatic carbocycles.